The normalized spacial score (nSPS) is 17.0. The van der Waals surface area contributed by atoms with Crippen LogP contribution in [0.15, 0.2) is 42.5 Å². The van der Waals surface area contributed by atoms with Crippen LogP contribution in [0.2, 0.25) is 0 Å². The third-order valence-corrected chi connectivity index (χ3v) is 4.25. The summed E-state index contributed by atoms with van der Waals surface area (Å²) in [6, 6.07) is 9.50. The lowest BCUT2D eigenvalue weighted by molar-refractivity contribution is -0.114. The van der Waals surface area contributed by atoms with Crippen LogP contribution in [0.5, 0.6) is 0 Å². The third-order valence-electron chi connectivity index (χ3n) is 4.25. The number of nitrogens with zero attached hydrogens (tertiary/aromatic N) is 1. The minimum absolute atomic E-state index is 0.125. The molecule has 1 aliphatic rings. The molecular formula is C19H19F2N3O2. The van der Waals surface area contributed by atoms with Gasteiger partial charge in [-0.05, 0) is 35.9 Å². The van der Waals surface area contributed by atoms with Crippen molar-refractivity contribution in [3.63, 3.8) is 0 Å². The second-order valence-corrected chi connectivity index (χ2v) is 6.15. The zero-order chi connectivity index (χ0) is 18.7. The number of carbonyl (C=O) groups excluding carboxylic acids is 2. The lowest BCUT2D eigenvalue weighted by Crippen LogP contribution is -2.48. The Kier molecular flexibility index (Phi) is 5.27. The number of hydrogen-bond donors (Lipinski definition) is 2. The molecule has 0 bridgehead atoms. The van der Waals surface area contributed by atoms with Crippen LogP contribution in [0.3, 0.4) is 0 Å². The van der Waals surface area contributed by atoms with Gasteiger partial charge in [0.1, 0.15) is 11.6 Å². The smallest absolute Gasteiger partial charge is 0.257 e. The fraction of sp³-hybridized carbons (Fsp3) is 0.263. The average molecular weight is 359 g/mol. The first kappa shape index (κ1) is 18.0. The molecule has 1 fully saturated rings. The molecule has 1 saturated heterocycles. The van der Waals surface area contributed by atoms with Crippen LogP contribution < -0.4 is 10.6 Å². The van der Waals surface area contributed by atoms with Crippen molar-refractivity contribution in [2.75, 3.05) is 25.0 Å². The summed E-state index contributed by atoms with van der Waals surface area (Å²) in [6.07, 6.45) is 0. The van der Waals surface area contributed by atoms with Crippen LogP contribution >= 0.6 is 0 Å². The Morgan fingerprint density at radius 2 is 2.00 bits per heavy atom. The summed E-state index contributed by atoms with van der Waals surface area (Å²) in [5.74, 6) is -1.86. The molecule has 2 amide bonds. The maximum absolute atomic E-state index is 14.3. The molecule has 1 heterocycles. The first-order valence-electron chi connectivity index (χ1n) is 8.30. The van der Waals surface area contributed by atoms with Crippen molar-refractivity contribution in [2.45, 2.75) is 13.0 Å². The Labute approximate surface area is 150 Å². The summed E-state index contributed by atoms with van der Waals surface area (Å²) in [7, 11) is 0. The molecule has 0 aromatic heterocycles. The monoisotopic (exact) mass is 359 g/mol. The van der Waals surface area contributed by atoms with Gasteiger partial charge in [-0.25, -0.2) is 8.78 Å². The minimum Gasteiger partial charge on any atom is -0.329 e. The van der Waals surface area contributed by atoms with E-state index in [1.165, 1.54) is 36.1 Å². The van der Waals surface area contributed by atoms with Crippen LogP contribution in [-0.2, 0) is 4.79 Å². The maximum atomic E-state index is 14.3. The Hall–Kier alpha value is -2.80. The molecule has 3 rings (SSSR count). The third kappa shape index (κ3) is 3.88. The summed E-state index contributed by atoms with van der Waals surface area (Å²) in [6.45, 7) is 2.71. The summed E-state index contributed by atoms with van der Waals surface area (Å²) in [5.41, 5.74) is 0.864. The topological polar surface area (TPSA) is 61.4 Å². The van der Waals surface area contributed by atoms with Crippen molar-refractivity contribution in [3.8, 4) is 0 Å². The van der Waals surface area contributed by atoms with Gasteiger partial charge in [-0.2, -0.15) is 0 Å². The molecule has 26 heavy (non-hydrogen) atoms. The molecule has 2 aromatic rings. The number of carbonyl (C=O) groups is 2. The Balaban J connectivity index is 1.93. The summed E-state index contributed by atoms with van der Waals surface area (Å²) >= 11 is 0. The van der Waals surface area contributed by atoms with Gasteiger partial charge in [0.25, 0.3) is 5.91 Å². The standard InChI is InChI=1S/C19H19F2N3O2/c1-12(25)23-15-5-6-17(21)16(10-15)19(26)24-8-7-22-11-18(24)13-3-2-4-14(20)9-13/h2-6,9-10,18,22H,7-8,11H2,1H3,(H,23,25). The number of benzene rings is 2. The molecule has 136 valence electrons. The fourth-order valence-corrected chi connectivity index (χ4v) is 3.08. The van der Waals surface area contributed by atoms with Crippen LogP contribution in [0.1, 0.15) is 28.9 Å². The second-order valence-electron chi connectivity index (χ2n) is 6.15. The van der Waals surface area contributed by atoms with E-state index >= 15 is 0 Å². The second kappa shape index (κ2) is 7.61. The molecule has 5 nitrogen and oxygen atoms in total. The number of hydrogen-bond acceptors (Lipinski definition) is 3. The summed E-state index contributed by atoms with van der Waals surface area (Å²) in [4.78, 5) is 25.7. The first-order valence-corrected chi connectivity index (χ1v) is 8.30. The van der Waals surface area contributed by atoms with E-state index in [1.54, 1.807) is 12.1 Å². The van der Waals surface area contributed by atoms with Crippen molar-refractivity contribution in [3.05, 3.63) is 65.2 Å². The lowest BCUT2D eigenvalue weighted by atomic mass is 10.0. The van der Waals surface area contributed by atoms with Gasteiger partial charge >= 0.3 is 0 Å². The van der Waals surface area contributed by atoms with Crippen molar-refractivity contribution in [1.82, 2.24) is 10.2 Å². The summed E-state index contributed by atoms with van der Waals surface area (Å²) in [5, 5.41) is 5.72. The number of rotatable bonds is 3. The van der Waals surface area contributed by atoms with Gasteiger partial charge in [0.05, 0.1) is 11.6 Å². The predicted octanol–water partition coefficient (Wildman–Crippen LogP) is 2.71. The van der Waals surface area contributed by atoms with Crippen molar-refractivity contribution in [1.29, 1.82) is 0 Å². The van der Waals surface area contributed by atoms with Crippen molar-refractivity contribution in [2.24, 2.45) is 0 Å². The molecule has 0 aliphatic carbocycles. The number of piperazine rings is 1. The van der Waals surface area contributed by atoms with Gasteiger partial charge < -0.3 is 15.5 Å². The van der Waals surface area contributed by atoms with Gasteiger partial charge in [0.15, 0.2) is 0 Å². The number of halogens is 2. The largest absolute Gasteiger partial charge is 0.329 e. The molecule has 1 atom stereocenters. The molecule has 1 unspecified atom stereocenters. The highest BCUT2D eigenvalue weighted by molar-refractivity contribution is 5.97. The van der Waals surface area contributed by atoms with Gasteiger partial charge in [0.2, 0.25) is 5.91 Å². The SMILES string of the molecule is CC(=O)Nc1ccc(F)c(C(=O)N2CCNCC2c2cccc(F)c2)c1. The van der Waals surface area contributed by atoms with Crippen LogP contribution in [0.4, 0.5) is 14.5 Å². The van der Waals surface area contributed by atoms with Crippen LogP contribution in [0.25, 0.3) is 0 Å². The van der Waals surface area contributed by atoms with E-state index in [9.17, 15) is 18.4 Å². The van der Waals surface area contributed by atoms with Crippen molar-refractivity contribution >= 4 is 17.5 Å². The van der Waals surface area contributed by atoms with Crippen molar-refractivity contribution < 1.29 is 18.4 Å². The number of anilines is 1. The van der Waals surface area contributed by atoms with Gasteiger partial charge in [-0.1, -0.05) is 12.1 Å². The molecule has 2 aromatic carbocycles. The first-order chi connectivity index (χ1) is 12.5. The fourth-order valence-electron chi connectivity index (χ4n) is 3.08. The number of nitrogens with one attached hydrogen (secondary N) is 2. The van der Waals surface area contributed by atoms with E-state index in [-0.39, 0.29) is 17.3 Å². The Morgan fingerprint density at radius 1 is 1.19 bits per heavy atom. The Morgan fingerprint density at radius 3 is 2.73 bits per heavy atom. The van der Waals surface area contributed by atoms with E-state index in [0.717, 1.165) is 6.07 Å². The lowest BCUT2D eigenvalue weighted by Gasteiger charge is -2.36. The van der Waals surface area contributed by atoms with Crippen LogP contribution in [-0.4, -0.2) is 36.3 Å². The predicted molar refractivity (Wildman–Crippen MR) is 93.8 cm³/mol. The minimum atomic E-state index is -0.666. The molecule has 0 radical (unpaired) electrons. The highest BCUT2D eigenvalue weighted by Gasteiger charge is 2.30. The number of amides is 2. The van der Waals surface area contributed by atoms with E-state index in [1.807, 2.05) is 0 Å². The quantitative estimate of drug-likeness (QED) is 0.886. The maximum Gasteiger partial charge on any atom is 0.257 e. The highest BCUT2D eigenvalue weighted by atomic mass is 19.1. The van der Waals surface area contributed by atoms with Gasteiger partial charge in [0, 0.05) is 32.2 Å². The summed E-state index contributed by atoms with van der Waals surface area (Å²) < 4.78 is 27.9. The zero-order valence-electron chi connectivity index (χ0n) is 14.3. The van der Waals surface area contributed by atoms with E-state index in [0.29, 0.717) is 30.9 Å². The zero-order valence-corrected chi connectivity index (χ0v) is 14.3. The van der Waals surface area contributed by atoms with E-state index in [2.05, 4.69) is 10.6 Å². The molecule has 0 spiro atoms. The molecule has 0 saturated carbocycles. The highest BCUT2D eigenvalue weighted by Crippen LogP contribution is 2.26. The average Bonchev–Trinajstić information content (AvgIpc) is 2.62. The molecular weight excluding hydrogens is 340 g/mol. The molecule has 1 aliphatic heterocycles. The van der Waals surface area contributed by atoms with Crippen LogP contribution in [0, 0.1) is 11.6 Å². The van der Waals surface area contributed by atoms with Gasteiger partial charge in [-0.3, -0.25) is 9.59 Å². The van der Waals surface area contributed by atoms with E-state index in [4.69, 9.17) is 0 Å². The van der Waals surface area contributed by atoms with E-state index < -0.39 is 17.8 Å². The molecule has 2 N–H and O–H groups in total. The van der Waals surface area contributed by atoms with Gasteiger partial charge in [-0.15, -0.1) is 0 Å². The molecule has 7 heteroatoms. The Bertz CT molecular complexity index is 841.